The van der Waals surface area contributed by atoms with Crippen LogP contribution in [0.5, 0.6) is 0 Å². The van der Waals surface area contributed by atoms with Crippen LogP contribution in [0.15, 0.2) is 0 Å². The van der Waals surface area contributed by atoms with E-state index in [1.165, 1.54) is 26.4 Å². The van der Waals surface area contributed by atoms with Crippen molar-refractivity contribution in [3.05, 3.63) is 0 Å². The average Bonchev–Trinajstić information content (AvgIpc) is 1.91. The van der Waals surface area contributed by atoms with E-state index in [1.54, 1.807) is 8.58 Å². The van der Waals surface area contributed by atoms with E-state index < -0.39 is 0 Å². The van der Waals surface area contributed by atoms with E-state index in [-0.39, 0.29) is 5.97 Å². The van der Waals surface area contributed by atoms with Crippen molar-refractivity contribution < 1.29 is 9.53 Å². The minimum Gasteiger partial charge on any atom is -0.469 e. The fraction of sp³-hybridized carbons (Fsp3) is 0.857. The summed E-state index contributed by atoms with van der Waals surface area (Å²) < 4.78 is 4.11. The highest BCUT2D eigenvalue weighted by Crippen LogP contribution is 2.03. The van der Waals surface area contributed by atoms with E-state index in [0.29, 0.717) is 0 Å². The Bertz CT molecular complexity index is 72.0. The molecule has 0 amide bonds. The molecule has 0 aliphatic heterocycles. The third-order valence-electron chi connectivity index (χ3n) is 0.735. The van der Waals surface area contributed by atoms with Gasteiger partial charge in [-0.05, 0) is 12.3 Å². The molecule has 0 unspecified atom stereocenters. The first-order valence-corrected chi connectivity index (χ1v) is 4.63. The molecule has 1 radical (unpaired) electrons. The van der Waals surface area contributed by atoms with Crippen molar-refractivity contribution in [2.75, 3.05) is 19.4 Å². The van der Waals surface area contributed by atoms with Crippen molar-refractivity contribution >= 4 is 14.6 Å². The monoisotopic (exact) mass is 163 g/mol. The predicted octanol–water partition coefficient (Wildman–Crippen LogP) is 2.15. The van der Waals surface area contributed by atoms with Crippen molar-refractivity contribution in [1.29, 1.82) is 0 Å². The van der Waals surface area contributed by atoms with Crippen LogP contribution < -0.4 is 0 Å². The molecule has 0 N–H and O–H groups in total. The van der Waals surface area contributed by atoms with Crippen molar-refractivity contribution in [3.63, 3.8) is 0 Å². The lowest BCUT2D eigenvalue weighted by Gasteiger charge is -1.80. The van der Waals surface area contributed by atoms with E-state index in [9.17, 15) is 4.79 Å². The predicted molar refractivity (Wildman–Crippen MR) is 45.7 cm³/mol. The van der Waals surface area contributed by atoms with Crippen molar-refractivity contribution in [1.82, 2.24) is 0 Å². The van der Waals surface area contributed by atoms with Gasteiger partial charge in [-0.15, -0.1) is 0 Å². The molecular formula is C7H16O2P. The Morgan fingerprint density at radius 1 is 1.40 bits per heavy atom. The van der Waals surface area contributed by atoms with Crippen LogP contribution in [0.25, 0.3) is 0 Å². The van der Waals surface area contributed by atoms with E-state index in [1.807, 2.05) is 0 Å². The SMILES string of the molecule is CC[P]CC.COC(C)=O. The quantitative estimate of drug-likeness (QED) is 0.460. The van der Waals surface area contributed by atoms with Gasteiger partial charge in [0.1, 0.15) is 0 Å². The molecule has 0 aliphatic rings. The number of rotatable bonds is 2. The summed E-state index contributed by atoms with van der Waals surface area (Å²) >= 11 is 0. The molecule has 0 saturated heterocycles. The lowest BCUT2D eigenvalue weighted by Crippen LogP contribution is -1.88. The summed E-state index contributed by atoms with van der Waals surface area (Å²) in [5.41, 5.74) is 0. The van der Waals surface area contributed by atoms with Gasteiger partial charge in [-0.25, -0.2) is 0 Å². The number of carbonyl (C=O) groups excluding carboxylic acids is 1. The van der Waals surface area contributed by atoms with Crippen molar-refractivity contribution in [2.45, 2.75) is 20.8 Å². The van der Waals surface area contributed by atoms with Gasteiger partial charge in [0.15, 0.2) is 0 Å². The smallest absolute Gasteiger partial charge is 0.302 e. The third-order valence-corrected chi connectivity index (χ3v) is 1.63. The maximum absolute atomic E-state index is 9.59. The number of methoxy groups -OCH3 is 1. The maximum Gasteiger partial charge on any atom is 0.302 e. The maximum atomic E-state index is 9.59. The van der Waals surface area contributed by atoms with Crippen LogP contribution in [0.2, 0.25) is 0 Å². The van der Waals surface area contributed by atoms with E-state index in [0.717, 1.165) is 0 Å². The lowest BCUT2D eigenvalue weighted by molar-refractivity contribution is -0.137. The molecule has 0 aromatic carbocycles. The minimum absolute atomic E-state index is 0.245. The summed E-state index contributed by atoms with van der Waals surface area (Å²) in [5.74, 6) is -0.245. The van der Waals surface area contributed by atoms with Gasteiger partial charge in [0.25, 0.3) is 0 Å². The van der Waals surface area contributed by atoms with Gasteiger partial charge in [-0.1, -0.05) is 22.4 Å². The standard InChI is InChI=1S/C4H10P.C3H6O2/c1-3-5-4-2;1-3(4)5-2/h3-4H2,1-2H3;1-2H3. The fourth-order valence-corrected chi connectivity index (χ4v) is 0.671. The highest BCUT2D eigenvalue weighted by atomic mass is 31.1. The molecule has 0 aromatic rings. The fourth-order valence-electron chi connectivity index (χ4n) is 0.224. The van der Waals surface area contributed by atoms with Crippen molar-refractivity contribution in [3.8, 4) is 0 Å². The zero-order valence-corrected chi connectivity index (χ0v) is 8.07. The average molecular weight is 163 g/mol. The second-order valence-electron chi connectivity index (χ2n) is 1.55. The zero-order valence-electron chi connectivity index (χ0n) is 7.18. The molecule has 3 heteroatoms. The summed E-state index contributed by atoms with van der Waals surface area (Å²) in [5, 5.41) is 0. The van der Waals surface area contributed by atoms with E-state index in [2.05, 4.69) is 18.6 Å². The first-order valence-electron chi connectivity index (χ1n) is 3.36. The summed E-state index contributed by atoms with van der Waals surface area (Å²) in [6.07, 6.45) is 2.63. The number of carbonyl (C=O) groups is 1. The van der Waals surface area contributed by atoms with Crippen LogP contribution in [0.3, 0.4) is 0 Å². The largest absolute Gasteiger partial charge is 0.469 e. The third kappa shape index (κ3) is 24.7. The Morgan fingerprint density at radius 2 is 1.70 bits per heavy atom. The molecule has 0 saturated carbocycles. The summed E-state index contributed by atoms with van der Waals surface area (Å²) in [7, 11) is 2.93. The minimum atomic E-state index is -0.245. The van der Waals surface area contributed by atoms with Crippen LogP contribution in [0.1, 0.15) is 20.8 Å². The molecule has 0 heterocycles. The molecule has 10 heavy (non-hydrogen) atoms. The molecule has 0 aliphatic carbocycles. The van der Waals surface area contributed by atoms with Gasteiger partial charge in [-0.2, -0.15) is 0 Å². The number of hydrogen-bond donors (Lipinski definition) is 0. The molecule has 0 bridgehead atoms. The molecular weight excluding hydrogens is 147 g/mol. The van der Waals surface area contributed by atoms with Crippen molar-refractivity contribution in [2.24, 2.45) is 0 Å². The topological polar surface area (TPSA) is 26.3 Å². The Labute approximate surface area is 65.1 Å². The molecule has 0 aromatic heterocycles. The summed E-state index contributed by atoms with van der Waals surface area (Å²) in [6.45, 7) is 5.76. The normalized spacial score (nSPS) is 7.60. The van der Waals surface area contributed by atoms with Crippen LogP contribution in [0, 0.1) is 0 Å². The Kier molecular flexibility index (Phi) is 14.7. The molecule has 0 spiro atoms. The summed E-state index contributed by atoms with van der Waals surface area (Å²) in [4.78, 5) is 9.59. The van der Waals surface area contributed by atoms with Gasteiger partial charge in [0, 0.05) is 6.92 Å². The van der Waals surface area contributed by atoms with Crippen LogP contribution >= 0.6 is 8.58 Å². The summed E-state index contributed by atoms with van der Waals surface area (Å²) in [6, 6.07) is 0. The highest BCUT2D eigenvalue weighted by molar-refractivity contribution is 7.37. The molecule has 0 rings (SSSR count). The van der Waals surface area contributed by atoms with E-state index in [4.69, 9.17) is 0 Å². The van der Waals surface area contributed by atoms with Gasteiger partial charge in [-0.3, -0.25) is 4.79 Å². The Hall–Kier alpha value is -0.100. The zero-order chi connectivity index (χ0) is 8.41. The Balaban J connectivity index is 0. The van der Waals surface area contributed by atoms with Gasteiger partial charge < -0.3 is 4.74 Å². The van der Waals surface area contributed by atoms with Gasteiger partial charge in [0.05, 0.1) is 7.11 Å². The van der Waals surface area contributed by atoms with Gasteiger partial charge in [0.2, 0.25) is 0 Å². The second-order valence-corrected chi connectivity index (χ2v) is 3.26. The molecule has 0 atom stereocenters. The van der Waals surface area contributed by atoms with Gasteiger partial charge >= 0.3 is 5.97 Å². The van der Waals surface area contributed by atoms with Crippen LogP contribution in [0.4, 0.5) is 0 Å². The highest BCUT2D eigenvalue weighted by Gasteiger charge is 1.75. The van der Waals surface area contributed by atoms with E-state index >= 15 is 0 Å². The molecule has 0 fully saturated rings. The Morgan fingerprint density at radius 3 is 1.70 bits per heavy atom. The first-order chi connectivity index (χ1) is 4.68. The number of ether oxygens (including phenoxy) is 1. The van der Waals surface area contributed by atoms with Crippen LogP contribution in [-0.4, -0.2) is 25.4 Å². The number of esters is 1. The first kappa shape index (κ1) is 12.6. The van der Waals surface area contributed by atoms with Crippen LogP contribution in [-0.2, 0) is 9.53 Å². The number of hydrogen-bond acceptors (Lipinski definition) is 2. The lowest BCUT2D eigenvalue weighted by atomic mass is 10.8. The molecule has 2 nitrogen and oxygen atoms in total. The molecule has 61 valence electrons. The second kappa shape index (κ2) is 11.7.